The molecule has 9 nitrogen and oxygen atoms in total. The summed E-state index contributed by atoms with van der Waals surface area (Å²) in [7, 11) is -4.38. The Kier molecular flexibility index (Phi) is 9.82. The zero-order chi connectivity index (χ0) is 23.7. The second-order valence-electron chi connectivity index (χ2n) is 6.90. The Morgan fingerprint density at radius 1 is 1.10 bits per heavy atom. The van der Waals surface area contributed by atoms with Crippen molar-refractivity contribution >= 4 is 27.9 Å². The fourth-order valence-electron chi connectivity index (χ4n) is 1.94. The van der Waals surface area contributed by atoms with Crippen LogP contribution in [0.15, 0.2) is 33.6 Å². The summed E-state index contributed by atoms with van der Waals surface area (Å²) in [6.45, 7) is 1.85. The Morgan fingerprint density at radius 2 is 1.68 bits per heavy atom. The molecule has 0 bridgehead atoms. The van der Waals surface area contributed by atoms with E-state index in [0.29, 0.717) is 6.42 Å². The van der Waals surface area contributed by atoms with Gasteiger partial charge in [0.2, 0.25) is 0 Å². The predicted octanol–water partition coefficient (Wildman–Crippen LogP) is 2.04. The van der Waals surface area contributed by atoms with Gasteiger partial charge in [-0.25, -0.2) is 0 Å². The molecule has 12 heteroatoms. The first kappa shape index (κ1) is 26.3. The van der Waals surface area contributed by atoms with Gasteiger partial charge in [0, 0.05) is 6.42 Å². The van der Waals surface area contributed by atoms with E-state index in [1.165, 1.54) is 0 Å². The Hall–Kier alpha value is -2.76. The van der Waals surface area contributed by atoms with Crippen LogP contribution in [0.3, 0.4) is 0 Å². The van der Waals surface area contributed by atoms with Gasteiger partial charge in [-0.2, -0.15) is 21.6 Å². The zero-order valence-electron chi connectivity index (χ0n) is 17.3. The lowest BCUT2D eigenvalue weighted by Gasteiger charge is -2.20. The first-order chi connectivity index (χ1) is 14.4. The van der Waals surface area contributed by atoms with Crippen LogP contribution in [0.2, 0.25) is 0 Å². The third kappa shape index (κ3) is 9.28. The van der Waals surface area contributed by atoms with Crippen LogP contribution in [0.5, 0.6) is 5.75 Å². The van der Waals surface area contributed by atoms with E-state index in [2.05, 4.69) is 9.13 Å². The van der Waals surface area contributed by atoms with E-state index in [4.69, 9.17) is 9.47 Å². The summed E-state index contributed by atoms with van der Waals surface area (Å²) in [5.41, 5.74) is -0.653. The fourth-order valence-corrected chi connectivity index (χ4v) is 2.88. The quantitative estimate of drug-likeness (QED) is 0.199. The molecular formula is C19H24F2NO8S-. The van der Waals surface area contributed by atoms with Gasteiger partial charge in [0.15, 0.2) is 0 Å². The molecular weight excluding hydrogens is 440 g/mol. The molecule has 174 valence electrons. The number of carbonyl (C=O) groups is 2. The van der Waals surface area contributed by atoms with Crippen molar-refractivity contribution in [2.45, 2.75) is 51.5 Å². The summed E-state index contributed by atoms with van der Waals surface area (Å²) < 4.78 is 65.3. The molecule has 0 radical (unpaired) electrons. The lowest BCUT2D eigenvalue weighted by Crippen LogP contribution is -2.27. The maximum Gasteiger partial charge on any atom is 0.387 e. The first-order valence-electron chi connectivity index (χ1n) is 9.26. The Balaban J connectivity index is 2.49. The van der Waals surface area contributed by atoms with Crippen LogP contribution in [0.1, 0.15) is 40.0 Å². The number of sulfonamides is 1. The molecule has 0 aliphatic carbocycles. The summed E-state index contributed by atoms with van der Waals surface area (Å²) in [6, 6.07) is 3.90. The molecule has 1 rings (SSSR count). The van der Waals surface area contributed by atoms with Crippen LogP contribution in [-0.4, -0.2) is 46.1 Å². The van der Waals surface area contributed by atoms with E-state index in [9.17, 15) is 31.9 Å². The number of ether oxygens (including phenoxy) is 3. The van der Waals surface area contributed by atoms with Crippen molar-refractivity contribution in [3.05, 3.63) is 24.3 Å². The van der Waals surface area contributed by atoms with Crippen molar-refractivity contribution in [1.82, 2.24) is 0 Å². The highest BCUT2D eigenvalue weighted by Crippen LogP contribution is 2.21. The summed E-state index contributed by atoms with van der Waals surface area (Å²) >= 11 is 0. The number of benzene rings is 1. The third-order valence-electron chi connectivity index (χ3n) is 4.13. The van der Waals surface area contributed by atoms with Gasteiger partial charge < -0.3 is 19.3 Å². The minimum absolute atomic E-state index is 0.147. The van der Waals surface area contributed by atoms with Crippen molar-refractivity contribution in [3.63, 3.8) is 0 Å². The highest BCUT2D eigenvalue weighted by atomic mass is 32.2. The summed E-state index contributed by atoms with van der Waals surface area (Å²) in [5, 5.41) is 11.8. The molecule has 0 heterocycles. The number of carbonyl (C=O) groups excluding carboxylic acids is 2. The Bertz CT molecular complexity index is 883. The number of rotatable bonds is 12. The Labute approximate surface area is 179 Å². The molecule has 0 spiro atoms. The normalized spacial score (nSPS) is 12.5. The first-order valence-corrected chi connectivity index (χ1v) is 10.7. The van der Waals surface area contributed by atoms with Crippen molar-refractivity contribution < 1.29 is 46.1 Å². The largest absolute Gasteiger partial charge is 0.861 e. The summed E-state index contributed by atoms with van der Waals surface area (Å²) in [5.74, 6) is -2.56. The van der Waals surface area contributed by atoms with Gasteiger partial charge in [0.25, 0.3) is 10.0 Å². The average Bonchev–Trinajstić information content (AvgIpc) is 2.69. The third-order valence-corrected chi connectivity index (χ3v) is 5.44. The van der Waals surface area contributed by atoms with Crippen molar-refractivity contribution in [2.24, 2.45) is 9.81 Å². The van der Waals surface area contributed by atoms with Gasteiger partial charge in [0.05, 0.1) is 10.3 Å². The number of halogens is 2. The minimum atomic E-state index is -4.38. The van der Waals surface area contributed by atoms with Crippen LogP contribution in [0, 0.1) is 5.41 Å². The second kappa shape index (κ2) is 11.6. The molecule has 1 aromatic rings. The average molecular weight is 464 g/mol. The fraction of sp³-hybridized carbons (Fsp3) is 0.526. The smallest absolute Gasteiger partial charge is 0.387 e. The number of hydrogen-bond acceptors (Lipinski definition) is 8. The second-order valence-corrected chi connectivity index (χ2v) is 8.51. The molecule has 0 saturated heterocycles. The van der Waals surface area contributed by atoms with Gasteiger partial charge in [-0.1, -0.05) is 6.92 Å². The van der Waals surface area contributed by atoms with Gasteiger partial charge in [-0.3, -0.25) is 9.59 Å². The van der Waals surface area contributed by atoms with Crippen LogP contribution < -0.4 is 9.84 Å². The van der Waals surface area contributed by atoms with E-state index < -0.39 is 57.6 Å². The molecule has 1 aromatic carbocycles. The van der Waals surface area contributed by atoms with Gasteiger partial charge >= 0.3 is 18.6 Å². The molecule has 0 amide bonds. The highest BCUT2D eigenvalue weighted by molar-refractivity contribution is 7.90. The molecule has 0 aliphatic heterocycles. The summed E-state index contributed by atoms with van der Waals surface area (Å²) in [4.78, 5) is 23.0. The topological polar surface area (TPSA) is 131 Å². The highest BCUT2D eigenvalue weighted by Gasteiger charge is 2.26. The predicted molar refractivity (Wildman–Crippen MR) is 103 cm³/mol. The van der Waals surface area contributed by atoms with E-state index in [1.807, 2.05) is 6.92 Å². The molecule has 0 saturated carbocycles. The van der Waals surface area contributed by atoms with E-state index >= 15 is 0 Å². The number of nitrogens with zero attached hydrogens (tertiary/aromatic N) is 1. The van der Waals surface area contributed by atoms with Crippen LogP contribution >= 0.6 is 0 Å². The molecule has 0 aliphatic rings. The molecule has 0 unspecified atom stereocenters. The van der Waals surface area contributed by atoms with Gasteiger partial charge in [-0.05, 0) is 56.9 Å². The molecule has 31 heavy (non-hydrogen) atoms. The maximum absolute atomic E-state index is 12.1. The molecule has 0 atom stereocenters. The van der Waals surface area contributed by atoms with Gasteiger partial charge in [0.1, 0.15) is 19.0 Å². The zero-order valence-corrected chi connectivity index (χ0v) is 18.1. The van der Waals surface area contributed by atoms with Crippen LogP contribution in [0.25, 0.3) is 0 Å². The SMILES string of the molecule is CCC(C)(C)C(=O)OCCOC(=O)CC/C([O-])=N/S(=O)(=O)c1ccc(OC(F)F)cc1. The lowest BCUT2D eigenvalue weighted by molar-refractivity contribution is -0.218. The number of esters is 2. The monoisotopic (exact) mass is 464 g/mol. The lowest BCUT2D eigenvalue weighted by atomic mass is 9.91. The van der Waals surface area contributed by atoms with Crippen molar-refractivity contribution in [2.75, 3.05) is 13.2 Å². The van der Waals surface area contributed by atoms with Crippen LogP contribution in [0.4, 0.5) is 8.78 Å². The van der Waals surface area contributed by atoms with E-state index in [-0.39, 0.29) is 19.0 Å². The standard InChI is InChI=1S/C19H25F2NO8S/c1-4-19(2,3)17(25)29-12-11-28-16(24)10-9-15(23)22-31(26,27)14-7-5-13(6-8-14)30-18(20)21/h5-8,18H,4,9-12H2,1-3H3,(H,22,23)/p-1. The molecule has 0 aromatic heterocycles. The van der Waals surface area contributed by atoms with Crippen molar-refractivity contribution in [3.8, 4) is 5.75 Å². The minimum Gasteiger partial charge on any atom is -0.861 e. The molecule has 0 N–H and O–H groups in total. The molecule has 0 fully saturated rings. The van der Waals surface area contributed by atoms with Crippen molar-refractivity contribution in [1.29, 1.82) is 0 Å². The number of alkyl halides is 2. The number of hydrogen-bond donors (Lipinski definition) is 0. The van der Waals surface area contributed by atoms with E-state index in [0.717, 1.165) is 24.3 Å². The van der Waals surface area contributed by atoms with E-state index in [1.54, 1.807) is 13.8 Å². The van der Waals surface area contributed by atoms with Gasteiger partial charge in [-0.15, -0.1) is 0 Å². The maximum atomic E-state index is 12.1. The van der Waals surface area contributed by atoms with Crippen LogP contribution in [-0.2, 0) is 29.1 Å². The summed E-state index contributed by atoms with van der Waals surface area (Å²) in [6.07, 6.45) is -0.367. The Morgan fingerprint density at radius 3 is 2.23 bits per heavy atom.